The summed E-state index contributed by atoms with van der Waals surface area (Å²) in [4.78, 5) is 16.8. The molecule has 1 N–H and O–H groups in total. The van der Waals surface area contributed by atoms with Gasteiger partial charge in [0, 0.05) is 30.6 Å². The Morgan fingerprint density at radius 3 is 2.63 bits per heavy atom. The summed E-state index contributed by atoms with van der Waals surface area (Å²) >= 11 is 0. The molecule has 0 unspecified atom stereocenters. The highest BCUT2D eigenvalue weighted by Crippen LogP contribution is 2.25. The normalized spacial score (nSPS) is 10.6. The van der Waals surface area contributed by atoms with E-state index in [1.807, 2.05) is 48.3 Å². The maximum atomic E-state index is 10.6. The van der Waals surface area contributed by atoms with Crippen LogP contribution in [-0.4, -0.2) is 23.1 Å². The number of carboxylic acid groups (broad SMARTS) is 1. The highest BCUT2D eigenvalue weighted by molar-refractivity contribution is 5.87. The molecule has 0 spiro atoms. The first-order valence-corrected chi connectivity index (χ1v) is 5.83. The Balaban J connectivity index is 2.37. The lowest BCUT2D eigenvalue weighted by Gasteiger charge is -2.20. The van der Waals surface area contributed by atoms with Crippen molar-refractivity contribution in [1.29, 1.82) is 0 Å². The van der Waals surface area contributed by atoms with E-state index in [-0.39, 0.29) is 0 Å². The van der Waals surface area contributed by atoms with Gasteiger partial charge in [0.05, 0.1) is 0 Å². The third-order valence-corrected chi connectivity index (χ3v) is 2.68. The summed E-state index contributed by atoms with van der Waals surface area (Å²) < 4.78 is 0. The van der Waals surface area contributed by atoms with Crippen molar-refractivity contribution < 1.29 is 9.90 Å². The number of carbonyl (C=O) groups is 1. The maximum absolute atomic E-state index is 10.6. The van der Waals surface area contributed by atoms with Gasteiger partial charge in [0.15, 0.2) is 0 Å². The first-order chi connectivity index (χ1) is 9.18. The molecule has 0 aliphatic carbocycles. The summed E-state index contributed by atoms with van der Waals surface area (Å²) in [7, 11) is 1.90. The molecule has 1 aromatic carbocycles. The van der Waals surface area contributed by atoms with Crippen LogP contribution in [0.5, 0.6) is 0 Å². The first kappa shape index (κ1) is 12.8. The fraction of sp³-hybridized carbons (Fsp3) is 0.0667. The van der Waals surface area contributed by atoms with Gasteiger partial charge in [-0.2, -0.15) is 0 Å². The molecule has 19 heavy (non-hydrogen) atoms. The fourth-order valence-electron chi connectivity index (χ4n) is 1.75. The van der Waals surface area contributed by atoms with Crippen LogP contribution in [0.15, 0.2) is 54.7 Å². The Labute approximate surface area is 111 Å². The maximum Gasteiger partial charge on any atom is 0.328 e. The predicted octanol–water partition coefficient (Wildman–Crippen LogP) is 2.95. The summed E-state index contributed by atoms with van der Waals surface area (Å²) in [6.07, 6.45) is 4.34. The number of nitrogens with zero attached hydrogens (tertiary/aromatic N) is 2. The molecule has 2 aromatic rings. The SMILES string of the molecule is CN(c1ccccc1)c1ncccc1/C=C/C(=O)O. The van der Waals surface area contributed by atoms with Crippen molar-refractivity contribution >= 4 is 23.6 Å². The van der Waals surface area contributed by atoms with Crippen LogP contribution in [0.4, 0.5) is 11.5 Å². The summed E-state index contributed by atoms with van der Waals surface area (Å²) in [6.45, 7) is 0. The number of aliphatic carboxylic acids is 1. The highest BCUT2D eigenvalue weighted by atomic mass is 16.4. The number of benzene rings is 1. The minimum Gasteiger partial charge on any atom is -0.478 e. The second-order valence-electron chi connectivity index (χ2n) is 3.98. The van der Waals surface area contributed by atoms with E-state index < -0.39 is 5.97 Å². The molecule has 0 aliphatic heterocycles. The summed E-state index contributed by atoms with van der Waals surface area (Å²) in [6, 6.07) is 13.4. The molecule has 0 atom stereocenters. The molecule has 0 saturated carbocycles. The molecular formula is C15H14N2O2. The van der Waals surface area contributed by atoms with E-state index in [4.69, 9.17) is 5.11 Å². The topological polar surface area (TPSA) is 53.4 Å². The molecule has 0 fully saturated rings. The number of para-hydroxylation sites is 1. The van der Waals surface area contributed by atoms with Crippen LogP contribution < -0.4 is 4.90 Å². The lowest BCUT2D eigenvalue weighted by atomic mass is 10.2. The first-order valence-electron chi connectivity index (χ1n) is 5.83. The van der Waals surface area contributed by atoms with E-state index in [1.54, 1.807) is 18.3 Å². The number of hydrogen-bond acceptors (Lipinski definition) is 3. The van der Waals surface area contributed by atoms with E-state index in [9.17, 15) is 4.79 Å². The molecule has 96 valence electrons. The second kappa shape index (κ2) is 5.82. The molecule has 2 rings (SSSR count). The molecule has 4 heteroatoms. The standard InChI is InChI=1S/C15H14N2O2/c1-17(13-7-3-2-4-8-13)15-12(6-5-11-16-15)9-10-14(18)19/h2-11H,1H3,(H,18,19)/b10-9+. The molecule has 1 heterocycles. The van der Waals surface area contributed by atoms with Crippen LogP contribution in [0.3, 0.4) is 0 Å². The second-order valence-corrected chi connectivity index (χ2v) is 3.98. The molecular weight excluding hydrogens is 240 g/mol. The van der Waals surface area contributed by atoms with Crippen LogP contribution in [0.2, 0.25) is 0 Å². The zero-order valence-electron chi connectivity index (χ0n) is 10.5. The van der Waals surface area contributed by atoms with Crippen molar-refractivity contribution in [2.75, 3.05) is 11.9 Å². The quantitative estimate of drug-likeness (QED) is 0.852. The zero-order valence-corrected chi connectivity index (χ0v) is 10.5. The number of anilines is 2. The van der Waals surface area contributed by atoms with Crippen LogP contribution in [0, 0.1) is 0 Å². The van der Waals surface area contributed by atoms with Gasteiger partial charge in [0.2, 0.25) is 0 Å². The van der Waals surface area contributed by atoms with Crippen molar-refractivity contribution in [2.24, 2.45) is 0 Å². The van der Waals surface area contributed by atoms with E-state index in [1.165, 1.54) is 0 Å². The molecule has 0 saturated heterocycles. The lowest BCUT2D eigenvalue weighted by molar-refractivity contribution is -0.131. The Morgan fingerprint density at radius 1 is 1.21 bits per heavy atom. The Bertz CT molecular complexity index is 594. The van der Waals surface area contributed by atoms with Gasteiger partial charge in [0.1, 0.15) is 5.82 Å². The lowest BCUT2D eigenvalue weighted by Crippen LogP contribution is -2.12. The number of pyridine rings is 1. The van der Waals surface area contributed by atoms with Gasteiger partial charge in [-0.15, -0.1) is 0 Å². The van der Waals surface area contributed by atoms with Crippen molar-refractivity contribution in [3.63, 3.8) is 0 Å². The van der Waals surface area contributed by atoms with Gasteiger partial charge in [-0.1, -0.05) is 18.2 Å². The van der Waals surface area contributed by atoms with E-state index >= 15 is 0 Å². The summed E-state index contributed by atoms with van der Waals surface area (Å²) in [5.41, 5.74) is 1.75. The van der Waals surface area contributed by atoms with Gasteiger partial charge in [0.25, 0.3) is 0 Å². The van der Waals surface area contributed by atoms with Crippen LogP contribution in [0.25, 0.3) is 6.08 Å². The van der Waals surface area contributed by atoms with Gasteiger partial charge >= 0.3 is 5.97 Å². The number of aromatic nitrogens is 1. The summed E-state index contributed by atoms with van der Waals surface area (Å²) in [5.74, 6) is -0.261. The Hall–Kier alpha value is -2.62. The molecule has 0 aliphatic rings. The molecule has 0 radical (unpaired) electrons. The zero-order chi connectivity index (χ0) is 13.7. The van der Waals surface area contributed by atoms with Crippen molar-refractivity contribution in [3.8, 4) is 0 Å². The van der Waals surface area contributed by atoms with E-state index in [0.717, 1.165) is 17.3 Å². The van der Waals surface area contributed by atoms with Gasteiger partial charge in [-0.3, -0.25) is 0 Å². The van der Waals surface area contributed by atoms with Gasteiger partial charge in [-0.05, 0) is 30.3 Å². The number of hydrogen-bond donors (Lipinski definition) is 1. The molecule has 4 nitrogen and oxygen atoms in total. The minimum absolute atomic E-state index is 0.714. The monoisotopic (exact) mass is 254 g/mol. The van der Waals surface area contributed by atoms with Crippen molar-refractivity contribution in [2.45, 2.75) is 0 Å². The van der Waals surface area contributed by atoms with Crippen LogP contribution >= 0.6 is 0 Å². The highest BCUT2D eigenvalue weighted by Gasteiger charge is 2.08. The molecule has 1 aromatic heterocycles. The molecule has 0 amide bonds. The number of rotatable bonds is 4. The average molecular weight is 254 g/mol. The van der Waals surface area contributed by atoms with Crippen LogP contribution in [0.1, 0.15) is 5.56 Å². The minimum atomic E-state index is -0.975. The largest absolute Gasteiger partial charge is 0.478 e. The Morgan fingerprint density at radius 2 is 1.95 bits per heavy atom. The summed E-state index contributed by atoms with van der Waals surface area (Å²) in [5, 5.41) is 8.70. The fourth-order valence-corrected chi connectivity index (χ4v) is 1.75. The molecule has 0 bridgehead atoms. The van der Waals surface area contributed by atoms with E-state index in [2.05, 4.69) is 4.98 Å². The third kappa shape index (κ3) is 3.19. The number of carboxylic acids is 1. The van der Waals surface area contributed by atoms with Crippen LogP contribution in [-0.2, 0) is 4.79 Å². The van der Waals surface area contributed by atoms with Gasteiger partial charge in [-0.25, -0.2) is 9.78 Å². The third-order valence-electron chi connectivity index (χ3n) is 2.68. The van der Waals surface area contributed by atoms with Gasteiger partial charge < -0.3 is 10.0 Å². The Kier molecular flexibility index (Phi) is 3.93. The average Bonchev–Trinajstić information content (AvgIpc) is 2.45. The van der Waals surface area contributed by atoms with Crippen molar-refractivity contribution in [1.82, 2.24) is 4.98 Å². The predicted molar refractivity (Wildman–Crippen MR) is 75.4 cm³/mol. The van der Waals surface area contributed by atoms with Crippen molar-refractivity contribution in [3.05, 3.63) is 60.3 Å². The van der Waals surface area contributed by atoms with E-state index in [0.29, 0.717) is 5.82 Å². The smallest absolute Gasteiger partial charge is 0.328 e.